The number of carbonyl (C=O) groups is 2. The molecule has 7 heteroatoms. The maximum absolute atomic E-state index is 12.4. The van der Waals surface area contributed by atoms with Gasteiger partial charge in [0.15, 0.2) is 0 Å². The van der Waals surface area contributed by atoms with E-state index in [0.717, 1.165) is 12.8 Å². The van der Waals surface area contributed by atoms with Crippen LogP contribution in [0.25, 0.3) is 0 Å². The van der Waals surface area contributed by atoms with Gasteiger partial charge in [-0.2, -0.15) is 0 Å². The molecular formula is C27H41NO6. The van der Waals surface area contributed by atoms with Gasteiger partial charge in [-0.3, -0.25) is 19.7 Å². The van der Waals surface area contributed by atoms with Crippen LogP contribution in [0.5, 0.6) is 5.75 Å². The van der Waals surface area contributed by atoms with Gasteiger partial charge in [-0.25, -0.2) is 0 Å². The lowest BCUT2D eigenvalue weighted by atomic mass is 9.87. The number of esters is 2. The number of carbonyl (C=O) groups excluding carboxylic acids is 2. The largest absolute Gasteiger partial charge is 0.462 e. The van der Waals surface area contributed by atoms with E-state index in [1.54, 1.807) is 0 Å². The number of hydrogen-bond donors (Lipinski definition) is 0. The monoisotopic (exact) mass is 475 g/mol. The van der Waals surface area contributed by atoms with Crippen LogP contribution in [0, 0.1) is 16.0 Å². The molecule has 1 aliphatic rings. The number of rotatable bonds is 16. The molecule has 7 nitrogen and oxygen atoms in total. The Morgan fingerprint density at radius 3 is 1.91 bits per heavy atom. The Morgan fingerprint density at radius 1 is 0.853 bits per heavy atom. The standard InChI is InChI=1S/C27H41NO6/c1-2-3-4-5-6-7-8-9-10-11-12-13-26(29)33-24-18-14-22(15-19-24)27(30)34-25-20-16-23(17-21-25)28(31)32/h16-17,20-22,24H,2-15,18-19H2,1H3. The van der Waals surface area contributed by atoms with E-state index in [2.05, 4.69) is 6.92 Å². The second-order valence-corrected chi connectivity index (χ2v) is 9.42. The molecule has 0 saturated heterocycles. The predicted octanol–water partition coefficient (Wildman–Crippen LogP) is 7.30. The molecule has 1 aromatic rings. The summed E-state index contributed by atoms with van der Waals surface area (Å²) in [6, 6.07) is 5.49. The Bertz CT molecular complexity index is 740. The predicted molar refractivity (Wildman–Crippen MR) is 132 cm³/mol. The van der Waals surface area contributed by atoms with Crippen LogP contribution < -0.4 is 4.74 Å². The average molecular weight is 476 g/mol. The van der Waals surface area contributed by atoms with Crippen molar-refractivity contribution < 1.29 is 24.0 Å². The zero-order chi connectivity index (χ0) is 24.6. The molecule has 0 heterocycles. The van der Waals surface area contributed by atoms with E-state index in [0.29, 0.717) is 37.9 Å². The van der Waals surface area contributed by atoms with Crippen LogP contribution in [0.4, 0.5) is 5.69 Å². The Morgan fingerprint density at radius 2 is 1.38 bits per heavy atom. The topological polar surface area (TPSA) is 95.7 Å². The Hall–Kier alpha value is -2.44. The van der Waals surface area contributed by atoms with Crippen LogP contribution in [-0.4, -0.2) is 23.0 Å². The highest BCUT2D eigenvalue weighted by molar-refractivity contribution is 5.75. The minimum absolute atomic E-state index is 0.0460. The number of unbranched alkanes of at least 4 members (excludes halogenated alkanes) is 10. The molecule has 0 aliphatic heterocycles. The van der Waals surface area contributed by atoms with Gasteiger partial charge in [-0.15, -0.1) is 0 Å². The van der Waals surface area contributed by atoms with Gasteiger partial charge in [0.2, 0.25) is 0 Å². The maximum atomic E-state index is 12.4. The third-order valence-corrected chi connectivity index (χ3v) is 6.56. The third kappa shape index (κ3) is 11.1. The van der Waals surface area contributed by atoms with E-state index in [1.165, 1.54) is 82.1 Å². The van der Waals surface area contributed by atoms with Gasteiger partial charge in [0, 0.05) is 18.6 Å². The molecule has 0 spiro atoms. The van der Waals surface area contributed by atoms with Crippen molar-refractivity contribution in [1.82, 2.24) is 0 Å². The Kier molecular flexibility index (Phi) is 13.3. The lowest BCUT2D eigenvalue weighted by Crippen LogP contribution is -2.30. The molecule has 0 atom stereocenters. The molecule has 1 saturated carbocycles. The third-order valence-electron chi connectivity index (χ3n) is 6.56. The summed E-state index contributed by atoms with van der Waals surface area (Å²) < 4.78 is 11.0. The van der Waals surface area contributed by atoms with Crippen molar-refractivity contribution >= 4 is 17.6 Å². The van der Waals surface area contributed by atoms with Crippen molar-refractivity contribution in [3.63, 3.8) is 0 Å². The SMILES string of the molecule is CCCCCCCCCCCCCC(=O)OC1CCC(C(=O)Oc2ccc([N+](=O)[O-])cc2)CC1. The van der Waals surface area contributed by atoms with Crippen LogP contribution in [0.15, 0.2) is 24.3 Å². The molecule has 2 rings (SSSR count). The lowest BCUT2D eigenvalue weighted by molar-refractivity contribution is -0.384. The number of non-ortho nitro benzene ring substituents is 1. The summed E-state index contributed by atoms with van der Waals surface area (Å²) >= 11 is 0. The van der Waals surface area contributed by atoms with Crippen LogP contribution in [0.1, 0.15) is 110 Å². The molecule has 0 N–H and O–H groups in total. The molecular weight excluding hydrogens is 434 g/mol. The molecule has 0 bridgehead atoms. The molecule has 1 aromatic carbocycles. The quantitative estimate of drug-likeness (QED) is 0.0818. The van der Waals surface area contributed by atoms with E-state index < -0.39 is 4.92 Å². The van der Waals surface area contributed by atoms with E-state index in [9.17, 15) is 19.7 Å². The van der Waals surface area contributed by atoms with Gasteiger partial charge in [0.1, 0.15) is 11.9 Å². The zero-order valence-corrected chi connectivity index (χ0v) is 20.7. The summed E-state index contributed by atoms with van der Waals surface area (Å²) in [5.41, 5.74) is -0.0460. The molecule has 0 radical (unpaired) electrons. The first kappa shape index (κ1) is 27.8. The number of ether oxygens (including phenoxy) is 2. The fraction of sp³-hybridized carbons (Fsp3) is 0.704. The number of nitro groups is 1. The normalized spacial score (nSPS) is 17.8. The summed E-state index contributed by atoms with van der Waals surface area (Å²) in [5, 5.41) is 10.7. The number of benzene rings is 1. The highest BCUT2D eigenvalue weighted by atomic mass is 16.6. The summed E-state index contributed by atoms with van der Waals surface area (Å²) in [4.78, 5) is 34.7. The van der Waals surface area contributed by atoms with Crippen LogP contribution in [-0.2, 0) is 14.3 Å². The van der Waals surface area contributed by atoms with Crippen molar-refractivity contribution in [2.45, 2.75) is 116 Å². The van der Waals surface area contributed by atoms with Crippen LogP contribution in [0.2, 0.25) is 0 Å². The van der Waals surface area contributed by atoms with Gasteiger partial charge in [0.25, 0.3) is 5.69 Å². The van der Waals surface area contributed by atoms with E-state index in [4.69, 9.17) is 9.47 Å². The van der Waals surface area contributed by atoms with Crippen LogP contribution >= 0.6 is 0 Å². The fourth-order valence-electron chi connectivity index (χ4n) is 4.43. The average Bonchev–Trinajstić information content (AvgIpc) is 2.83. The van der Waals surface area contributed by atoms with Crippen molar-refractivity contribution in [3.8, 4) is 5.75 Å². The first-order chi connectivity index (χ1) is 16.5. The van der Waals surface area contributed by atoms with Gasteiger partial charge in [-0.05, 0) is 44.2 Å². The second kappa shape index (κ2) is 16.2. The van der Waals surface area contributed by atoms with Crippen molar-refractivity contribution in [1.29, 1.82) is 0 Å². The molecule has 0 unspecified atom stereocenters. The second-order valence-electron chi connectivity index (χ2n) is 9.42. The summed E-state index contributed by atoms with van der Waals surface area (Å²) in [5.74, 6) is -0.402. The number of nitrogens with zero attached hydrogens (tertiary/aromatic N) is 1. The van der Waals surface area contributed by atoms with E-state index >= 15 is 0 Å². The van der Waals surface area contributed by atoms with Gasteiger partial charge >= 0.3 is 11.9 Å². The smallest absolute Gasteiger partial charge is 0.314 e. The molecule has 190 valence electrons. The minimum Gasteiger partial charge on any atom is -0.462 e. The van der Waals surface area contributed by atoms with Gasteiger partial charge in [0.05, 0.1) is 10.8 Å². The first-order valence-corrected chi connectivity index (χ1v) is 13.1. The summed E-state index contributed by atoms with van der Waals surface area (Å²) in [7, 11) is 0. The fourth-order valence-corrected chi connectivity index (χ4v) is 4.43. The van der Waals surface area contributed by atoms with Gasteiger partial charge in [-0.1, -0.05) is 71.1 Å². The number of hydrogen-bond acceptors (Lipinski definition) is 6. The highest BCUT2D eigenvalue weighted by Gasteiger charge is 2.29. The molecule has 1 fully saturated rings. The summed E-state index contributed by atoms with van der Waals surface area (Å²) in [6.45, 7) is 2.24. The van der Waals surface area contributed by atoms with Crippen molar-refractivity contribution in [3.05, 3.63) is 34.4 Å². The summed E-state index contributed by atoms with van der Waals surface area (Å²) in [6.07, 6.45) is 16.6. The minimum atomic E-state index is -0.495. The zero-order valence-electron chi connectivity index (χ0n) is 20.7. The highest BCUT2D eigenvalue weighted by Crippen LogP contribution is 2.29. The molecule has 0 amide bonds. The molecule has 1 aliphatic carbocycles. The van der Waals surface area contributed by atoms with Gasteiger partial charge < -0.3 is 9.47 Å². The lowest BCUT2D eigenvalue weighted by Gasteiger charge is -2.27. The van der Waals surface area contributed by atoms with Crippen molar-refractivity contribution in [2.75, 3.05) is 0 Å². The Balaban J connectivity index is 1.50. The Labute approximate surface area is 203 Å². The molecule has 34 heavy (non-hydrogen) atoms. The molecule has 0 aromatic heterocycles. The number of nitro benzene ring substituents is 1. The van der Waals surface area contributed by atoms with Crippen LogP contribution in [0.3, 0.4) is 0 Å². The first-order valence-electron chi connectivity index (χ1n) is 13.1. The van der Waals surface area contributed by atoms with E-state index in [-0.39, 0.29) is 29.6 Å². The van der Waals surface area contributed by atoms with E-state index in [1.807, 2.05) is 0 Å². The van der Waals surface area contributed by atoms with Crippen molar-refractivity contribution in [2.24, 2.45) is 5.92 Å². The maximum Gasteiger partial charge on any atom is 0.314 e.